The fourth-order valence-electron chi connectivity index (χ4n) is 5.74. The van der Waals surface area contributed by atoms with Gasteiger partial charge in [-0.25, -0.2) is 22.4 Å². The van der Waals surface area contributed by atoms with Gasteiger partial charge in [0.25, 0.3) is 0 Å². The molecule has 0 atom stereocenters. The molecule has 37 heavy (non-hydrogen) atoms. The van der Waals surface area contributed by atoms with Crippen molar-refractivity contribution in [3.63, 3.8) is 0 Å². The van der Waals surface area contributed by atoms with Crippen LogP contribution in [-0.4, -0.2) is 11.1 Å². The highest BCUT2D eigenvalue weighted by Crippen LogP contribution is 2.37. The van der Waals surface area contributed by atoms with Gasteiger partial charge in [-0.2, -0.15) is 0 Å². The first kappa shape index (κ1) is 29.2. The molecule has 0 radical (unpaired) electrons. The van der Waals surface area contributed by atoms with Gasteiger partial charge in [0, 0.05) is 0 Å². The third-order valence-electron chi connectivity index (χ3n) is 8.00. The summed E-state index contributed by atoms with van der Waals surface area (Å²) in [5, 5.41) is 9.37. The van der Waals surface area contributed by atoms with E-state index in [1.54, 1.807) is 0 Å². The lowest BCUT2D eigenvalue weighted by Crippen LogP contribution is -2.16. The number of carbonyl (C=O) groups is 1. The van der Waals surface area contributed by atoms with Crippen molar-refractivity contribution in [3.8, 4) is 11.1 Å². The Kier molecular flexibility index (Phi) is 11.5. The lowest BCUT2D eigenvalue weighted by Gasteiger charge is -2.29. The number of carboxylic acids is 1. The maximum Gasteiger partial charge on any atom is 0.338 e. The maximum absolute atomic E-state index is 15.2. The predicted octanol–water partition coefficient (Wildman–Crippen LogP) is 9.88. The average molecular weight is 521 g/mol. The summed E-state index contributed by atoms with van der Waals surface area (Å²) in [7, 11) is 0. The van der Waals surface area contributed by atoms with Crippen LogP contribution in [0.25, 0.3) is 11.1 Å². The molecule has 0 spiro atoms. The highest BCUT2D eigenvalue weighted by molar-refractivity contribution is 5.89. The normalized spacial score (nSPS) is 17.8. The van der Waals surface area contributed by atoms with E-state index >= 15 is 4.39 Å². The van der Waals surface area contributed by atoms with Gasteiger partial charge in [-0.05, 0) is 59.6 Å². The standard InChI is InChI=1S/C31H40F4O2/c1-2-3-4-5-6-7-8-9-10-21-11-13-22(14-12-21)15-16-25-24(17-18-26(29(25)34)31(36)37)23-19-27(32)30(35)28(33)20-23/h17-22H,2-16H2,1H3,(H,36,37). The first-order chi connectivity index (χ1) is 17.8. The summed E-state index contributed by atoms with van der Waals surface area (Å²) in [5.41, 5.74) is -0.165. The Morgan fingerprint density at radius 2 is 1.32 bits per heavy atom. The van der Waals surface area contributed by atoms with Crippen LogP contribution in [0.2, 0.25) is 0 Å². The predicted molar refractivity (Wildman–Crippen MR) is 140 cm³/mol. The summed E-state index contributed by atoms with van der Waals surface area (Å²) in [5.74, 6) is -5.46. The van der Waals surface area contributed by atoms with Crippen LogP contribution in [0.3, 0.4) is 0 Å². The molecule has 0 aromatic heterocycles. The molecule has 0 amide bonds. The Labute approximate surface area is 218 Å². The molecule has 0 aliphatic heterocycles. The topological polar surface area (TPSA) is 37.3 Å². The molecule has 1 saturated carbocycles. The van der Waals surface area contributed by atoms with E-state index in [0.717, 1.165) is 49.8 Å². The van der Waals surface area contributed by atoms with Gasteiger partial charge in [0.15, 0.2) is 17.5 Å². The van der Waals surface area contributed by atoms with Crippen molar-refractivity contribution in [2.75, 3.05) is 0 Å². The average Bonchev–Trinajstić information content (AvgIpc) is 2.88. The van der Waals surface area contributed by atoms with Gasteiger partial charge in [-0.3, -0.25) is 0 Å². The van der Waals surface area contributed by atoms with Gasteiger partial charge in [-0.15, -0.1) is 0 Å². The minimum atomic E-state index is -1.59. The maximum atomic E-state index is 15.2. The summed E-state index contributed by atoms with van der Waals surface area (Å²) in [6, 6.07) is 4.10. The Morgan fingerprint density at radius 3 is 1.89 bits per heavy atom. The Morgan fingerprint density at radius 1 is 0.784 bits per heavy atom. The fraction of sp³-hybridized carbons (Fsp3) is 0.581. The third kappa shape index (κ3) is 8.31. The third-order valence-corrected chi connectivity index (χ3v) is 8.00. The number of halogens is 4. The second-order valence-electron chi connectivity index (χ2n) is 10.7. The van der Waals surface area contributed by atoms with E-state index < -0.39 is 34.8 Å². The Hall–Kier alpha value is -2.37. The van der Waals surface area contributed by atoms with E-state index in [4.69, 9.17) is 0 Å². The van der Waals surface area contributed by atoms with E-state index in [0.29, 0.717) is 12.3 Å². The summed E-state index contributed by atoms with van der Waals surface area (Å²) in [4.78, 5) is 11.5. The summed E-state index contributed by atoms with van der Waals surface area (Å²) in [6.45, 7) is 2.24. The summed E-state index contributed by atoms with van der Waals surface area (Å²) in [6.07, 6.45) is 17.2. The van der Waals surface area contributed by atoms with Gasteiger partial charge in [0.1, 0.15) is 5.82 Å². The lowest BCUT2D eigenvalue weighted by atomic mass is 9.77. The van der Waals surface area contributed by atoms with Crippen LogP contribution in [0.4, 0.5) is 17.6 Å². The van der Waals surface area contributed by atoms with E-state index in [-0.39, 0.29) is 23.1 Å². The number of aromatic carboxylic acids is 1. The molecular weight excluding hydrogens is 480 g/mol. The molecule has 0 bridgehead atoms. The minimum absolute atomic E-state index is 0.00342. The number of rotatable bonds is 14. The quantitative estimate of drug-likeness (QED) is 0.153. The van der Waals surface area contributed by atoms with Crippen molar-refractivity contribution >= 4 is 5.97 Å². The molecule has 6 heteroatoms. The number of carboxylic acid groups (broad SMARTS) is 1. The molecule has 1 aliphatic rings. The molecule has 2 aromatic rings. The first-order valence-electron chi connectivity index (χ1n) is 14.0. The Balaban J connectivity index is 1.55. The molecule has 3 rings (SSSR count). The molecule has 0 heterocycles. The smallest absolute Gasteiger partial charge is 0.338 e. The van der Waals surface area contributed by atoms with Crippen molar-refractivity contribution in [1.82, 2.24) is 0 Å². The van der Waals surface area contributed by atoms with Gasteiger partial charge in [0.2, 0.25) is 0 Å². The van der Waals surface area contributed by atoms with Gasteiger partial charge >= 0.3 is 5.97 Å². The molecule has 2 nitrogen and oxygen atoms in total. The van der Waals surface area contributed by atoms with Gasteiger partial charge < -0.3 is 5.11 Å². The van der Waals surface area contributed by atoms with Crippen LogP contribution in [0.5, 0.6) is 0 Å². The van der Waals surface area contributed by atoms with Crippen LogP contribution in [0.1, 0.15) is 113 Å². The van der Waals surface area contributed by atoms with E-state index in [2.05, 4.69) is 6.92 Å². The molecule has 1 aliphatic carbocycles. The molecule has 204 valence electrons. The number of hydrogen-bond donors (Lipinski definition) is 1. The zero-order valence-electron chi connectivity index (χ0n) is 21.9. The molecule has 0 saturated heterocycles. The van der Waals surface area contributed by atoms with Crippen LogP contribution < -0.4 is 0 Å². The van der Waals surface area contributed by atoms with Crippen molar-refractivity contribution in [2.45, 2.75) is 103 Å². The fourth-order valence-corrected chi connectivity index (χ4v) is 5.74. The van der Waals surface area contributed by atoms with Crippen molar-refractivity contribution in [2.24, 2.45) is 11.8 Å². The zero-order chi connectivity index (χ0) is 26.8. The van der Waals surface area contributed by atoms with Crippen LogP contribution in [0, 0.1) is 35.1 Å². The van der Waals surface area contributed by atoms with Crippen LogP contribution in [0.15, 0.2) is 24.3 Å². The molecule has 1 fully saturated rings. The van der Waals surface area contributed by atoms with Crippen molar-refractivity contribution in [1.29, 1.82) is 0 Å². The summed E-state index contributed by atoms with van der Waals surface area (Å²) < 4.78 is 56.4. The number of benzene rings is 2. The lowest BCUT2D eigenvalue weighted by molar-refractivity contribution is 0.0691. The molecule has 1 N–H and O–H groups in total. The second-order valence-corrected chi connectivity index (χ2v) is 10.7. The van der Waals surface area contributed by atoms with Crippen molar-refractivity contribution in [3.05, 3.63) is 58.7 Å². The highest BCUT2D eigenvalue weighted by atomic mass is 19.2. The summed E-state index contributed by atoms with van der Waals surface area (Å²) >= 11 is 0. The van der Waals surface area contributed by atoms with E-state index in [9.17, 15) is 23.1 Å². The minimum Gasteiger partial charge on any atom is -0.478 e. The molecule has 0 unspecified atom stereocenters. The Bertz CT molecular complexity index is 1010. The molecule has 2 aromatic carbocycles. The van der Waals surface area contributed by atoms with Gasteiger partial charge in [0.05, 0.1) is 5.56 Å². The van der Waals surface area contributed by atoms with Gasteiger partial charge in [-0.1, -0.05) is 96.5 Å². The zero-order valence-corrected chi connectivity index (χ0v) is 21.9. The molecular formula is C31H40F4O2. The largest absolute Gasteiger partial charge is 0.478 e. The first-order valence-corrected chi connectivity index (χ1v) is 14.0. The SMILES string of the molecule is CCCCCCCCCCC1CCC(CCc2c(-c3cc(F)c(F)c(F)c3)ccc(C(=O)O)c2F)CC1. The monoisotopic (exact) mass is 520 g/mol. The van der Waals surface area contributed by atoms with E-state index in [1.807, 2.05) is 0 Å². The second kappa shape index (κ2) is 14.5. The van der Waals surface area contributed by atoms with E-state index in [1.165, 1.54) is 63.9 Å². The number of hydrogen-bond acceptors (Lipinski definition) is 1. The van der Waals surface area contributed by atoms with Crippen LogP contribution in [-0.2, 0) is 6.42 Å². The number of unbranched alkanes of at least 4 members (excludes halogenated alkanes) is 7. The highest BCUT2D eigenvalue weighted by Gasteiger charge is 2.24. The van der Waals surface area contributed by atoms with Crippen LogP contribution >= 0.6 is 0 Å². The van der Waals surface area contributed by atoms with Crippen molar-refractivity contribution < 1.29 is 27.5 Å².